The Hall–Kier alpha value is -0.410. The van der Waals surface area contributed by atoms with Crippen LogP contribution in [-0.2, 0) is 14.9 Å². The van der Waals surface area contributed by atoms with Gasteiger partial charge < -0.3 is 10.1 Å². The van der Waals surface area contributed by atoms with Gasteiger partial charge in [-0.2, -0.15) is 8.42 Å². The van der Waals surface area contributed by atoms with Crippen molar-refractivity contribution >= 4 is 57.2 Å². The van der Waals surface area contributed by atoms with Gasteiger partial charge >= 0.3 is 35.5 Å². The van der Waals surface area contributed by atoms with Gasteiger partial charge in [-0.15, -0.1) is 0 Å². The van der Waals surface area contributed by atoms with Gasteiger partial charge in [0.1, 0.15) is 5.75 Å². The quantitative estimate of drug-likeness (QED) is 0.0463. The number of hydrogen-bond acceptors (Lipinski definition) is 5. The Morgan fingerprint density at radius 1 is 0.973 bits per heavy atom. The molecule has 0 radical (unpaired) electrons. The second-order valence-electron chi connectivity index (χ2n) is 9.11. The molecule has 0 bridgehead atoms. The topological polar surface area (TPSA) is 92.7 Å². The van der Waals surface area contributed by atoms with Crippen LogP contribution in [0.5, 0.6) is 5.75 Å². The van der Waals surface area contributed by atoms with E-state index in [1.54, 1.807) is 25.2 Å². The van der Waals surface area contributed by atoms with E-state index in [9.17, 15) is 13.2 Å². The number of carbonyl (C=O) groups is 1. The molecule has 37 heavy (non-hydrogen) atoms. The van der Waals surface area contributed by atoms with Crippen molar-refractivity contribution in [3.8, 4) is 5.75 Å². The Bertz CT molecular complexity index is 834. The first-order valence-electron chi connectivity index (χ1n) is 13.4. The average Bonchev–Trinajstić information content (AvgIpc) is 2.82. The first kappa shape index (κ1) is 38.7. The van der Waals surface area contributed by atoms with Gasteiger partial charge in [0.2, 0.25) is 0 Å². The van der Waals surface area contributed by atoms with Gasteiger partial charge in [-0.3, -0.25) is 9.35 Å². The number of esters is 1. The van der Waals surface area contributed by atoms with Crippen molar-refractivity contribution in [3.63, 3.8) is 0 Å². The summed E-state index contributed by atoms with van der Waals surface area (Å²) in [5.41, 5.74) is 0.924. The number of ether oxygens (including phenoxy) is 1. The summed E-state index contributed by atoms with van der Waals surface area (Å²) < 4.78 is 33.3. The summed E-state index contributed by atoms with van der Waals surface area (Å²) >= 11 is 5.98. The van der Waals surface area contributed by atoms with Gasteiger partial charge in [0, 0.05) is 18.0 Å². The Morgan fingerprint density at radius 3 is 2.00 bits per heavy atom. The second-order valence-corrected chi connectivity index (χ2v) is 11.1. The van der Waals surface area contributed by atoms with Crippen LogP contribution in [0.2, 0.25) is 5.02 Å². The fourth-order valence-electron chi connectivity index (χ4n) is 3.43. The molecule has 9 heteroatoms. The molecule has 0 atom stereocenters. The van der Waals surface area contributed by atoms with Crippen LogP contribution in [0, 0.1) is 6.92 Å². The van der Waals surface area contributed by atoms with Crippen molar-refractivity contribution in [2.75, 3.05) is 19.3 Å². The molecule has 0 fully saturated rings. The molecule has 0 heterocycles. The van der Waals surface area contributed by atoms with Crippen molar-refractivity contribution in [2.24, 2.45) is 0 Å². The molecule has 0 amide bonds. The molecule has 0 aliphatic heterocycles. The Balaban J connectivity index is 0. The van der Waals surface area contributed by atoms with E-state index in [0.717, 1.165) is 18.4 Å². The van der Waals surface area contributed by atoms with E-state index in [0.29, 0.717) is 23.7 Å². The number of benzene rings is 1. The Labute approximate surface area is 253 Å². The summed E-state index contributed by atoms with van der Waals surface area (Å²) in [4.78, 5) is 11.9. The van der Waals surface area contributed by atoms with Crippen LogP contribution < -0.4 is 10.1 Å². The third-order valence-electron chi connectivity index (χ3n) is 5.61. The summed E-state index contributed by atoms with van der Waals surface area (Å²) in [6, 6.07) is 5.31. The molecule has 1 rings (SSSR count). The normalized spacial score (nSPS) is 11.1. The van der Waals surface area contributed by atoms with E-state index in [1.807, 2.05) is 6.92 Å². The van der Waals surface area contributed by atoms with Gasteiger partial charge in [-0.05, 0) is 69.8 Å². The van der Waals surface area contributed by atoms with Crippen LogP contribution >= 0.6 is 11.6 Å². The molecule has 0 aliphatic carbocycles. The molecule has 2 N–H and O–H groups in total. The van der Waals surface area contributed by atoms with Crippen molar-refractivity contribution in [1.29, 1.82) is 0 Å². The minimum atomic E-state index is -3.75. The van der Waals surface area contributed by atoms with E-state index in [1.165, 1.54) is 70.6 Å². The molecule has 1 aromatic rings. The summed E-state index contributed by atoms with van der Waals surface area (Å²) in [6.45, 7) is 4.46. The predicted octanol–water partition coefficient (Wildman–Crippen LogP) is 7.04. The van der Waals surface area contributed by atoms with Crippen LogP contribution in [0.1, 0.15) is 102 Å². The van der Waals surface area contributed by atoms with Crippen LogP contribution in [0.3, 0.4) is 0 Å². The molecule has 0 spiro atoms. The fourth-order valence-corrected chi connectivity index (χ4v) is 4.01. The zero-order chi connectivity index (χ0) is 27.1. The molecule has 0 saturated carbocycles. The standard InChI is InChI=1S/C25H39ClO2.C3H9NO3S.Na.H/c1-3-4-5-6-7-8-9-10-11-12-13-14-15-16-17-18-25(27)28-23-19-20-24(26)22(2)21-23;1-4-2-3-8(5,6)7;;/h10-11,19-21H,3-9,12-18H2,1-2H3;4H,2-3H2,1H3,(H,5,6,7);;/b11-10-;;;. The molecule has 0 aliphatic rings. The zero-order valence-corrected chi connectivity index (χ0v) is 24.1. The summed E-state index contributed by atoms with van der Waals surface area (Å²) in [7, 11) is -2.13. The SMILES string of the molecule is CCCCCCCC/C=C\CCCCCCCC(=O)Oc1ccc(Cl)c(C)c1.CNCCS(=O)(=O)O.[NaH]. The molecule has 1 aromatic carbocycles. The second kappa shape index (κ2) is 25.8. The van der Waals surface area contributed by atoms with Gasteiger partial charge in [0.05, 0.1) is 5.75 Å². The number of carbonyl (C=O) groups excluding carboxylic acids is 1. The van der Waals surface area contributed by atoms with E-state index >= 15 is 0 Å². The van der Waals surface area contributed by atoms with Gasteiger partial charge in [-0.25, -0.2) is 0 Å². The fraction of sp³-hybridized carbons (Fsp3) is 0.679. The number of rotatable bonds is 19. The van der Waals surface area contributed by atoms with E-state index in [4.69, 9.17) is 20.9 Å². The van der Waals surface area contributed by atoms with Gasteiger partial charge in [-0.1, -0.05) is 82.0 Å². The Kier molecular flexibility index (Phi) is 27.1. The molecular weight excluding hydrogens is 521 g/mol. The number of aryl methyl sites for hydroxylation is 1. The molecule has 0 unspecified atom stereocenters. The van der Waals surface area contributed by atoms with E-state index < -0.39 is 10.1 Å². The molecule has 6 nitrogen and oxygen atoms in total. The first-order chi connectivity index (χ1) is 17.2. The van der Waals surface area contributed by atoms with Crippen molar-refractivity contribution in [3.05, 3.63) is 40.9 Å². The van der Waals surface area contributed by atoms with Gasteiger partial charge in [0.15, 0.2) is 0 Å². The van der Waals surface area contributed by atoms with Crippen LogP contribution in [0.4, 0.5) is 0 Å². The summed E-state index contributed by atoms with van der Waals surface area (Å²) in [5.74, 6) is 0.211. The van der Waals surface area contributed by atoms with Crippen LogP contribution in [0.25, 0.3) is 0 Å². The van der Waals surface area contributed by atoms with Crippen molar-refractivity contribution in [2.45, 2.75) is 104 Å². The van der Waals surface area contributed by atoms with Crippen LogP contribution in [-0.4, -0.2) is 67.8 Å². The van der Waals surface area contributed by atoms with E-state index in [2.05, 4.69) is 24.4 Å². The number of hydrogen-bond donors (Lipinski definition) is 2. The van der Waals surface area contributed by atoms with Gasteiger partial charge in [0.25, 0.3) is 10.1 Å². The number of nitrogens with one attached hydrogen (secondary N) is 1. The zero-order valence-electron chi connectivity index (χ0n) is 22.6. The van der Waals surface area contributed by atoms with Crippen molar-refractivity contribution < 1.29 is 22.5 Å². The molecule has 0 aromatic heterocycles. The maximum absolute atomic E-state index is 11.9. The monoisotopic (exact) mass is 569 g/mol. The first-order valence-corrected chi connectivity index (χ1v) is 15.4. The minimum absolute atomic E-state index is 0. The third kappa shape index (κ3) is 27.0. The van der Waals surface area contributed by atoms with Crippen LogP contribution in [0.15, 0.2) is 30.4 Å². The third-order valence-corrected chi connectivity index (χ3v) is 6.76. The average molecular weight is 570 g/mol. The Morgan fingerprint density at radius 2 is 1.51 bits per heavy atom. The molecular formula is C28H49ClNNaO5S. The number of allylic oxidation sites excluding steroid dienone is 2. The number of halogens is 1. The molecule has 210 valence electrons. The predicted molar refractivity (Wildman–Crippen MR) is 159 cm³/mol. The van der Waals surface area contributed by atoms with Crippen molar-refractivity contribution in [1.82, 2.24) is 5.32 Å². The summed E-state index contributed by atoms with van der Waals surface area (Å²) in [6.07, 6.45) is 21.5. The van der Waals surface area contributed by atoms with E-state index in [-0.39, 0.29) is 41.3 Å². The number of unbranched alkanes of at least 4 members (excludes halogenated alkanes) is 11. The molecule has 0 saturated heterocycles. The summed E-state index contributed by atoms with van der Waals surface area (Å²) in [5, 5.41) is 3.28. The maximum atomic E-state index is 11.9.